The van der Waals surface area contributed by atoms with Gasteiger partial charge in [0, 0.05) is 19.0 Å². The lowest BCUT2D eigenvalue weighted by Crippen LogP contribution is -2.42. The van der Waals surface area contributed by atoms with Gasteiger partial charge in [0.05, 0.1) is 16.6 Å². The highest BCUT2D eigenvalue weighted by Gasteiger charge is 2.25. The van der Waals surface area contributed by atoms with Crippen LogP contribution in [0.5, 0.6) is 0 Å². The van der Waals surface area contributed by atoms with Gasteiger partial charge in [-0.15, -0.1) is 0 Å². The summed E-state index contributed by atoms with van der Waals surface area (Å²) in [5, 5.41) is 25.2. The molecule has 1 aliphatic heterocycles. The molecule has 112 valence electrons. The molecule has 9 heteroatoms. The minimum atomic E-state index is -1.51. The third kappa shape index (κ3) is 3.25. The Morgan fingerprint density at radius 3 is 2.76 bits per heavy atom. The molecule has 1 unspecified atom stereocenters. The maximum atomic E-state index is 13.5. The number of carbonyl (C=O) groups is 2. The van der Waals surface area contributed by atoms with E-state index in [9.17, 15) is 24.1 Å². The lowest BCUT2D eigenvalue weighted by molar-refractivity contribution is -0.384. The number of benzene rings is 1. The predicted octanol–water partition coefficient (Wildman–Crippen LogP) is 1.12. The first-order valence-corrected chi connectivity index (χ1v) is 6.13. The molecular formula is C12H12FN3O5. The number of nitro groups is 1. The van der Waals surface area contributed by atoms with Crippen molar-refractivity contribution in [3.63, 3.8) is 0 Å². The van der Waals surface area contributed by atoms with Gasteiger partial charge in [0.25, 0.3) is 5.69 Å². The van der Waals surface area contributed by atoms with Crippen molar-refractivity contribution in [1.82, 2.24) is 5.32 Å². The number of nitrogens with zero attached hydrogens (tertiary/aromatic N) is 1. The number of nitro benzene ring substituents is 1. The normalized spacial score (nSPS) is 18.0. The maximum absolute atomic E-state index is 13.5. The summed E-state index contributed by atoms with van der Waals surface area (Å²) in [6, 6.07) is 1.19. The third-order valence-corrected chi connectivity index (χ3v) is 3.14. The number of piperidine rings is 1. The molecule has 3 N–H and O–H groups in total. The molecule has 21 heavy (non-hydrogen) atoms. The largest absolute Gasteiger partial charge is 0.478 e. The Morgan fingerprint density at radius 1 is 1.52 bits per heavy atom. The van der Waals surface area contributed by atoms with Crippen LogP contribution in [0.25, 0.3) is 0 Å². The molecule has 1 amide bonds. The van der Waals surface area contributed by atoms with E-state index in [1.165, 1.54) is 0 Å². The molecule has 1 saturated heterocycles. The Labute approximate surface area is 118 Å². The number of aromatic carboxylic acids is 1. The van der Waals surface area contributed by atoms with Gasteiger partial charge < -0.3 is 15.7 Å². The molecule has 0 aromatic heterocycles. The first-order valence-electron chi connectivity index (χ1n) is 6.13. The molecule has 2 rings (SSSR count). The molecule has 1 atom stereocenters. The average Bonchev–Trinajstić information content (AvgIpc) is 2.42. The van der Waals surface area contributed by atoms with Crippen molar-refractivity contribution in [1.29, 1.82) is 0 Å². The van der Waals surface area contributed by atoms with E-state index >= 15 is 0 Å². The molecule has 0 radical (unpaired) electrons. The van der Waals surface area contributed by atoms with Crippen LogP contribution >= 0.6 is 0 Å². The van der Waals surface area contributed by atoms with Crippen LogP contribution in [-0.4, -0.2) is 34.5 Å². The fourth-order valence-corrected chi connectivity index (χ4v) is 2.07. The van der Waals surface area contributed by atoms with Gasteiger partial charge in [-0.25, -0.2) is 9.18 Å². The van der Waals surface area contributed by atoms with Crippen molar-refractivity contribution in [3.8, 4) is 0 Å². The number of carboxylic acids is 1. The lowest BCUT2D eigenvalue weighted by atomic mass is 10.1. The average molecular weight is 297 g/mol. The van der Waals surface area contributed by atoms with Crippen LogP contribution in [0.4, 0.5) is 15.8 Å². The van der Waals surface area contributed by atoms with Gasteiger partial charge in [-0.3, -0.25) is 14.9 Å². The Balaban J connectivity index is 2.31. The van der Waals surface area contributed by atoms with Crippen LogP contribution < -0.4 is 10.6 Å². The van der Waals surface area contributed by atoms with Crippen LogP contribution in [0.2, 0.25) is 0 Å². The second-order valence-corrected chi connectivity index (χ2v) is 4.60. The number of nitrogens with one attached hydrogen (secondary N) is 2. The molecule has 0 spiro atoms. The molecule has 0 bridgehead atoms. The SMILES string of the molecule is O=C1CCC(Nc2cc(C(=O)O)c(F)cc2[N+](=O)[O-])CN1. The zero-order valence-corrected chi connectivity index (χ0v) is 10.8. The molecule has 8 nitrogen and oxygen atoms in total. The highest BCUT2D eigenvalue weighted by molar-refractivity contribution is 5.90. The maximum Gasteiger partial charge on any atom is 0.338 e. The smallest absolute Gasteiger partial charge is 0.338 e. The van der Waals surface area contributed by atoms with Crippen molar-refractivity contribution in [2.24, 2.45) is 0 Å². The highest BCUT2D eigenvalue weighted by atomic mass is 19.1. The van der Waals surface area contributed by atoms with Crippen LogP contribution in [0.3, 0.4) is 0 Å². The fraction of sp³-hybridized carbons (Fsp3) is 0.333. The summed E-state index contributed by atoms with van der Waals surface area (Å²) in [6.45, 7) is 0.260. The van der Waals surface area contributed by atoms with Crippen molar-refractivity contribution >= 4 is 23.3 Å². The molecule has 0 saturated carbocycles. The standard InChI is InChI=1S/C12H12FN3O5/c13-8-4-10(16(20)21)9(3-7(8)12(18)19)15-6-1-2-11(17)14-5-6/h3-4,6,15H,1-2,5H2,(H,14,17)(H,18,19). The number of hydrogen-bond acceptors (Lipinski definition) is 5. The van der Waals surface area contributed by atoms with Gasteiger partial charge >= 0.3 is 5.97 Å². The van der Waals surface area contributed by atoms with Gasteiger partial charge in [-0.05, 0) is 12.5 Å². The Hall–Kier alpha value is -2.71. The summed E-state index contributed by atoms with van der Waals surface area (Å²) < 4.78 is 13.5. The number of rotatable bonds is 4. The van der Waals surface area contributed by atoms with E-state index in [-0.39, 0.29) is 30.6 Å². The van der Waals surface area contributed by atoms with Gasteiger partial charge in [-0.2, -0.15) is 0 Å². The van der Waals surface area contributed by atoms with E-state index in [0.29, 0.717) is 12.5 Å². The topological polar surface area (TPSA) is 122 Å². The molecule has 1 aliphatic rings. The lowest BCUT2D eigenvalue weighted by Gasteiger charge is -2.24. The molecular weight excluding hydrogens is 285 g/mol. The number of halogens is 1. The van der Waals surface area contributed by atoms with E-state index in [4.69, 9.17) is 5.11 Å². The first kappa shape index (κ1) is 14.7. The van der Waals surface area contributed by atoms with Crippen molar-refractivity contribution in [2.45, 2.75) is 18.9 Å². The zero-order chi connectivity index (χ0) is 15.6. The number of amides is 1. The number of carbonyl (C=O) groups excluding carboxylic acids is 1. The summed E-state index contributed by atoms with van der Waals surface area (Å²) in [7, 11) is 0. The van der Waals surface area contributed by atoms with Gasteiger partial charge in [0.2, 0.25) is 5.91 Å². The quantitative estimate of drug-likeness (QED) is 0.565. The van der Waals surface area contributed by atoms with E-state index in [2.05, 4.69) is 10.6 Å². The number of hydrogen-bond donors (Lipinski definition) is 3. The molecule has 1 heterocycles. The van der Waals surface area contributed by atoms with Crippen molar-refractivity contribution in [3.05, 3.63) is 33.6 Å². The molecule has 1 aromatic carbocycles. The Morgan fingerprint density at radius 2 is 2.24 bits per heavy atom. The highest BCUT2D eigenvalue weighted by Crippen LogP contribution is 2.29. The van der Waals surface area contributed by atoms with E-state index in [1.807, 2.05) is 0 Å². The Bertz CT molecular complexity index is 609. The number of anilines is 1. The predicted molar refractivity (Wildman–Crippen MR) is 69.7 cm³/mol. The minimum absolute atomic E-state index is 0.0834. The van der Waals surface area contributed by atoms with Crippen LogP contribution in [0.1, 0.15) is 23.2 Å². The van der Waals surface area contributed by atoms with E-state index in [1.54, 1.807) is 0 Å². The first-order chi connectivity index (χ1) is 9.88. The summed E-state index contributed by atoms with van der Waals surface area (Å²) in [6.07, 6.45) is 0.710. The van der Waals surface area contributed by atoms with E-state index < -0.39 is 28.0 Å². The molecule has 0 aliphatic carbocycles. The summed E-state index contributed by atoms with van der Waals surface area (Å²) in [5.74, 6) is -2.80. The second-order valence-electron chi connectivity index (χ2n) is 4.60. The van der Waals surface area contributed by atoms with Crippen LogP contribution in [0.15, 0.2) is 12.1 Å². The second kappa shape index (κ2) is 5.73. The van der Waals surface area contributed by atoms with Crippen molar-refractivity contribution < 1.29 is 24.0 Å². The molecule has 1 fully saturated rings. The minimum Gasteiger partial charge on any atom is -0.478 e. The van der Waals surface area contributed by atoms with Gasteiger partial charge in [0.15, 0.2) is 0 Å². The summed E-state index contributed by atoms with van der Waals surface area (Å²) in [4.78, 5) is 32.1. The summed E-state index contributed by atoms with van der Waals surface area (Å²) in [5.41, 5.74) is -1.28. The van der Waals surface area contributed by atoms with Crippen LogP contribution in [0, 0.1) is 15.9 Å². The monoisotopic (exact) mass is 297 g/mol. The van der Waals surface area contributed by atoms with Crippen LogP contribution in [-0.2, 0) is 4.79 Å². The van der Waals surface area contributed by atoms with E-state index in [0.717, 1.165) is 6.07 Å². The van der Waals surface area contributed by atoms with Gasteiger partial charge in [0.1, 0.15) is 11.5 Å². The zero-order valence-electron chi connectivity index (χ0n) is 10.8. The third-order valence-electron chi connectivity index (χ3n) is 3.14. The van der Waals surface area contributed by atoms with Crippen molar-refractivity contribution in [2.75, 3.05) is 11.9 Å². The van der Waals surface area contributed by atoms with Gasteiger partial charge in [-0.1, -0.05) is 0 Å². The number of carboxylic acid groups (broad SMARTS) is 1. The fourth-order valence-electron chi connectivity index (χ4n) is 2.07. The molecule has 1 aromatic rings. The Kier molecular flexibility index (Phi) is 4.01. The summed E-state index contributed by atoms with van der Waals surface area (Å²) >= 11 is 0.